The summed E-state index contributed by atoms with van der Waals surface area (Å²) in [4.78, 5) is 38.2. The molecule has 0 heterocycles. The highest BCUT2D eigenvalue weighted by Crippen LogP contribution is 2.19. The summed E-state index contributed by atoms with van der Waals surface area (Å²) in [5.41, 5.74) is 0. The van der Waals surface area contributed by atoms with Gasteiger partial charge in [-0.05, 0) is 51.4 Å². The van der Waals surface area contributed by atoms with Crippen molar-refractivity contribution in [3.05, 3.63) is 24.3 Å². The van der Waals surface area contributed by atoms with E-state index >= 15 is 0 Å². The number of esters is 3. The van der Waals surface area contributed by atoms with Crippen LogP contribution in [0.25, 0.3) is 0 Å². The van der Waals surface area contributed by atoms with Gasteiger partial charge in [-0.1, -0.05) is 347 Å². The number of allylic oxidation sites excluding steroid dienone is 4. The predicted octanol–water partition coefficient (Wildman–Crippen LogP) is 23.8. The molecule has 0 saturated carbocycles. The van der Waals surface area contributed by atoms with E-state index in [9.17, 15) is 14.4 Å². The Kier molecular flexibility index (Phi) is 64.6. The Bertz CT molecular complexity index is 1240. The Labute approximate surface area is 481 Å². The smallest absolute Gasteiger partial charge is 0.306 e. The van der Waals surface area contributed by atoms with E-state index in [2.05, 4.69) is 45.1 Å². The van der Waals surface area contributed by atoms with Gasteiger partial charge >= 0.3 is 17.9 Å². The number of carbonyl (C=O) groups excluding carboxylic acids is 3. The van der Waals surface area contributed by atoms with Crippen LogP contribution in [0, 0.1) is 0 Å². The van der Waals surface area contributed by atoms with E-state index in [1.165, 1.54) is 289 Å². The highest BCUT2D eigenvalue weighted by molar-refractivity contribution is 5.71. The maximum atomic E-state index is 12.9. The molecule has 0 amide bonds. The molecule has 0 N–H and O–H groups in total. The van der Waals surface area contributed by atoms with Crippen molar-refractivity contribution in [3.63, 3.8) is 0 Å². The van der Waals surface area contributed by atoms with Gasteiger partial charge in [0.25, 0.3) is 0 Å². The molecule has 0 spiro atoms. The fourth-order valence-corrected chi connectivity index (χ4v) is 10.7. The molecule has 0 aromatic heterocycles. The van der Waals surface area contributed by atoms with Gasteiger partial charge in [-0.3, -0.25) is 14.4 Å². The zero-order chi connectivity index (χ0) is 55.7. The molecule has 0 bridgehead atoms. The van der Waals surface area contributed by atoms with Crippen molar-refractivity contribution in [1.29, 1.82) is 0 Å². The van der Waals surface area contributed by atoms with Crippen molar-refractivity contribution in [1.82, 2.24) is 0 Å². The lowest BCUT2D eigenvalue weighted by atomic mass is 10.0. The van der Waals surface area contributed by atoms with Crippen molar-refractivity contribution >= 4 is 17.9 Å². The first kappa shape index (κ1) is 74.9. The van der Waals surface area contributed by atoms with Crippen molar-refractivity contribution in [2.45, 2.75) is 399 Å². The highest BCUT2D eigenvalue weighted by atomic mass is 16.6. The first-order valence-electron chi connectivity index (χ1n) is 34.8. The summed E-state index contributed by atoms with van der Waals surface area (Å²) in [6, 6.07) is 0. The predicted molar refractivity (Wildman–Crippen MR) is 335 cm³/mol. The Balaban J connectivity index is 4.06. The van der Waals surface area contributed by atoms with Crippen molar-refractivity contribution < 1.29 is 28.6 Å². The minimum atomic E-state index is -0.768. The maximum absolute atomic E-state index is 12.9. The van der Waals surface area contributed by atoms with Gasteiger partial charge in [0.15, 0.2) is 6.10 Å². The molecule has 0 aromatic carbocycles. The van der Waals surface area contributed by atoms with Gasteiger partial charge in [0.1, 0.15) is 13.2 Å². The summed E-state index contributed by atoms with van der Waals surface area (Å²) in [7, 11) is 0. The quantitative estimate of drug-likeness (QED) is 0.0261. The average Bonchev–Trinajstić information content (AvgIpc) is 3.43. The summed E-state index contributed by atoms with van der Waals surface area (Å²) < 4.78 is 16.9. The van der Waals surface area contributed by atoms with E-state index in [-0.39, 0.29) is 31.1 Å². The van der Waals surface area contributed by atoms with Crippen LogP contribution in [-0.2, 0) is 28.6 Å². The standard InChI is InChI=1S/C71H134O6/c1-4-7-10-13-16-19-21-23-25-27-29-31-33-34-35-36-37-39-40-42-44-46-48-50-52-55-58-61-64-70(73)76-67-68(66-75-69(72)63-60-57-54-18-15-12-9-6-3)77-71(74)65-62-59-56-53-51-49-47-45-43-41-38-32-30-28-26-24-22-20-17-14-11-8-5-2/h22,24,28,30,68H,4-21,23,25-27,29,31-67H2,1-3H3/b24-22-,30-28-. The maximum Gasteiger partial charge on any atom is 0.306 e. The van der Waals surface area contributed by atoms with Gasteiger partial charge in [0, 0.05) is 19.3 Å². The molecule has 0 aliphatic heterocycles. The van der Waals surface area contributed by atoms with Crippen LogP contribution in [0.1, 0.15) is 393 Å². The second-order valence-corrected chi connectivity index (χ2v) is 23.8. The molecular formula is C71H134O6. The van der Waals surface area contributed by atoms with Gasteiger partial charge in [-0.2, -0.15) is 0 Å². The van der Waals surface area contributed by atoms with Crippen molar-refractivity contribution in [2.75, 3.05) is 13.2 Å². The molecule has 454 valence electrons. The second-order valence-electron chi connectivity index (χ2n) is 23.8. The summed E-state index contributed by atoms with van der Waals surface area (Å²) in [6.07, 6.45) is 80.9. The van der Waals surface area contributed by atoms with E-state index in [4.69, 9.17) is 14.2 Å². The van der Waals surface area contributed by atoms with E-state index in [0.717, 1.165) is 64.2 Å². The Morgan fingerprint density at radius 2 is 0.468 bits per heavy atom. The van der Waals surface area contributed by atoms with Crippen LogP contribution in [0.2, 0.25) is 0 Å². The third-order valence-electron chi connectivity index (χ3n) is 16.0. The number of hydrogen-bond donors (Lipinski definition) is 0. The lowest BCUT2D eigenvalue weighted by Gasteiger charge is -2.18. The van der Waals surface area contributed by atoms with Crippen molar-refractivity contribution in [2.24, 2.45) is 0 Å². The largest absolute Gasteiger partial charge is 0.462 e. The van der Waals surface area contributed by atoms with Crippen molar-refractivity contribution in [3.8, 4) is 0 Å². The van der Waals surface area contributed by atoms with Crippen LogP contribution in [-0.4, -0.2) is 37.2 Å². The molecule has 6 nitrogen and oxygen atoms in total. The summed E-state index contributed by atoms with van der Waals surface area (Å²) >= 11 is 0. The van der Waals surface area contributed by atoms with Gasteiger partial charge in [0.2, 0.25) is 0 Å². The average molecular weight is 1080 g/mol. The third-order valence-corrected chi connectivity index (χ3v) is 16.0. The molecule has 77 heavy (non-hydrogen) atoms. The van der Waals surface area contributed by atoms with Crippen LogP contribution < -0.4 is 0 Å². The number of unbranched alkanes of at least 4 members (excludes halogenated alkanes) is 50. The molecule has 1 atom stereocenters. The fraction of sp³-hybridized carbons (Fsp3) is 0.901. The molecule has 6 heteroatoms. The van der Waals surface area contributed by atoms with E-state index < -0.39 is 6.10 Å². The van der Waals surface area contributed by atoms with Gasteiger partial charge in [-0.25, -0.2) is 0 Å². The normalized spacial score (nSPS) is 12.1. The van der Waals surface area contributed by atoms with Crippen LogP contribution in [0.3, 0.4) is 0 Å². The number of rotatable bonds is 65. The van der Waals surface area contributed by atoms with Gasteiger partial charge in [0.05, 0.1) is 0 Å². The summed E-state index contributed by atoms with van der Waals surface area (Å²) in [6.45, 7) is 6.67. The number of ether oxygens (including phenoxy) is 3. The molecular weight excluding hydrogens is 949 g/mol. The zero-order valence-electron chi connectivity index (χ0n) is 52.3. The topological polar surface area (TPSA) is 78.9 Å². The van der Waals surface area contributed by atoms with Crippen LogP contribution in [0.5, 0.6) is 0 Å². The van der Waals surface area contributed by atoms with E-state index in [0.29, 0.717) is 19.3 Å². The fourth-order valence-electron chi connectivity index (χ4n) is 10.7. The second kappa shape index (κ2) is 66.4. The van der Waals surface area contributed by atoms with Crippen LogP contribution in [0.15, 0.2) is 24.3 Å². The monoisotopic (exact) mass is 1080 g/mol. The molecule has 0 aliphatic carbocycles. The first-order chi connectivity index (χ1) is 38.0. The minimum Gasteiger partial charge on any atom is -0.462 e. The summed E-state index contributed by atoms with van der Waals surface area (Å²) in [5.74, 6) is -0.845. The summed E-state index contributed by atoms with van der Waals surface area (Å²) in [5, 5.41) is 0. The molecule has 0 fully saturated rings. The molecule has 0 aliphatic rings. The van der Waals surface area contributed by atoms with Crippen LogP contribution >= 0.6 is 0 Å². The van der Waals surface area contributed by atoms with E-state index in [1.807, 2.05) is 0 Å². The third kappa shape index (κ3) is 64.6. The Hall–Kier alpha value is -2.11. The van der Waals surface area contributed by atoms with Gasteiger partial charge in [-0.15, -0.1) is 0 Å². The molecule has 0 rings (SSSR count). The number of hydrogen-bond acceptors (Lipinski definition) is 6. The lowest BCUT2D eigenvalue weighted by Crippen LogP contribution is -2.30. The van der Waals surface area contributed by atoms with Gasteiger partial charge < -0.3 is 14.2 Å². The first-order valence-corrected chi connectivity index (χ1v) is 34.8. The molecule has 0 radical (unpaired) electrons. The molecule has 1 unspecified atom stereocenters. The number of carbonyl (C=O) groups is 3. The Morgan fingerprint density at radius 1 is 0.260 bits per heavy atom. The highest BCUT2D eigenvalue weighted by Gasteiger charge is 2.19. The van der Waals surface area contributed by atoms with E-state index in [1.54, 1.807) is 0 Å². The molecule has 0 saturated heterocycles. The molecule has 0 aromatic rings. The lowest BCUT2D eigenvalue weighted by molar-refractivity contribution is -0.167. The SMILES string of the molecule is CCCCCCC/C=C\C/C=C\CCCCCCCCCCCCCC(=O)OC(COC(=O)CCCCCCCCCC)COC(=O)CCCCCCCCCCCCCCCCCCCCCCCCCCCCCC. The Morgan fingerprint density at radius 3 is 0.714 bits per heavy atom. The minimum absolute atomic E-state index is 0.0661. The zero-order valence-corrected chi connectivity index (χ0v) is 52.3. The van der Waals surface area contributed by atoms with Crippen LogP contribution in [0.4, 0.5) is 0 Å².